The monoisotopic (exact) mass is 530 g/mol. The number of nitrogens with zero attached hydrogens (tertiary/aromatic N) is 3. The maximum Gasteiger partial charge on any atom is 0.228 e. The van der Waals surface area contributed by atoms with E-state index in [9.17, 15) is 4.79 Å². The molecule has 1 aliphatic carbocycles. The van der Waals surface area contributed by atoms with Gasteiger partial charge in [-0.3, -0.25) is 4.79 Å². The highest BCUT2D eigenvalue weighted by Crippen LogP contribution is 2.39. The maximum absolute atomic E-state index is 12.4. The predicted molar refractivity (Wildman–Crippen MR) is 152 cm³/mol. The molecule has 9 heteroatoms. The Labute approximate surface area is 228 Å². The third-order valence-corrected chi connectivity index (χ3v) is 6.95. The Morgan fingerprint density at radius 2 is 1.89 bits per heavy atom. The number of anilines is 2. The van der Waals surface area contributed by atoms with Crippen molar-refractivity contribution in [2.45, 2.75) is 38.6 Å². The molecule has 1 atom stereocenters. The van der Waals surface area contributed by atoms with Gasteiger partial charge in [-0.1, -0.05) is 24.3 Å². The summed E-state index contributed by atoms with van der Waals surface area (Å²) in [6.07, 6.45) is 7.62. The number of fused-ring (bicyclic) bond motifs is 1. The maximum atomic E-state index is 12.4. The minimum atomic E-state index is 0. The van der Waals surface area contributed by atoms with Crippen molar-refractivity contribution in [3.8, 4) is 22.9 Å². The average Bonchev–Trinajstić information content (AvgIpc) is 3.77. The highest BCUT2D eigenvalue weighted by Gasteiger charge is 2.30. The van der Waals surface area contributed by atoms with Gasteiger partial charge in [-0.05, 0) is 69.0 Å². The van der Waals surface area contributed by atoms with E-state index in [4.69, 9.17) is 9.72 Å². The van der Waals surface area contributed by atoms with Crippen LogP contribution in [0.1, 0.15) is 31.2 Å². The van der Waals surface area contributed by atoms with Crippen molar-refractivity contribution in [2.24, 2.45) is 5.92 Å². The molecule has 3 N–H and O–H groups in total. The zero-order chi connectivity index (χ0) is 25.2. The van der Waals surface area contributed by atoms with Crippen LogP contribution < -0.4 is 20.7 Å². The van der Waals surface area contributed by atoms with Crippen LogP contribution in [0.5, 0.6) is 11.6 Å². The molecule has 3 heterocycles. The van der Waals surface area contributed by atoms with Crippen LogP contribution in [0.25, 0.3) is 22.0 Å². The van der Waals surface area contributed by atoms with Crippen LogP contribution in [0.4, 0.5) is 11.6 Å². The molecule has 8 nitrogen and oxygen atoms in total. The third kappa shape index (κ3) is 5.56. The zero-order valence-electron chi connectivity index (χ0n) is 21.2. The van der Waals surface area contributed by atoms with E-state index in [1.165, 1.54) is 0 Å². The lowest BCUT2D eigenvalue weighted by molar-refractivity contribution is -0.117. The fourth-order valence-corrected chi connectivity index (χ4v) is 4.76. The number of benzene rings is 2. The van der Waals surface area contributed by atoms with Gasteiger partial charge in [0, 0.05) is 47.4 Å². The predicted octanol–water partition coefficient (Wildman–Crippen LogP) is 5.73. The van der Waals surface area contributed by atoms with Gasteiger partial charge in [0.2, 0.25) is 17.7 Å². The summed E-state index contributed by atoms with van der Waals surface area (Å²) in [5.74, 6) is 1.99. The smallest absolute Gasteiger partial charge is 0.228 e. The van der Waals surface area contributed by atoms with E-state index < -0.39 is 0 Å². The molecule has 2 aliphatic rings. The average molecular weight is 531 g/mol. The van der Waals surface area contributed by atoms with E-state index in [0.29, 0.717) is 23.6 Å². The topological polar surface area (TPSA) is 101 Å². The molecule has 4 aromatic rings. The van der Waals surface area contributed by atoms with Gasteiger partial charge in [0.05, 0.1) is 11.3 Å². The molecular weight excluding hydrogens is 500 g/mol. The Balaban J connectivity index is 0.00000294. The molecule has 1 saturated carbocycles. The zero-order valence-corrected chi connectivity index (χ0v) is 22.1. The molecule has 1 saturated heterocycles. The van der Waals surface area contributed by atoms with Crippen molar-refractivity contribution >= 4 is 40.7 Å². The number of hydrogen-bond acceptors (Lipinski definition) is 7. The van der Waals surface area contributed by atoms with Crippen LogP contribution in [-0.2, 0) is 4.79 Å². The van der Waals surface area contributed by atoms with Crippen LogP contribution in [0.15, 0.2) is 60.9 Å². The molecule has 6 rings (SSSR count). The summed E-state index contributed by atoms with van der Waals surface area (Å²) >= 11 is 0. The van der Waals surface area contributed by atoms with Gasteiger partial charge < -0.3 is 20.7 Å². The van der Waals surface area contributed by atoms with E-state index in [0.717, 1.165) is 72.1 Å². The number of halogens is 1. The van der Waals surface area contributed by atoms with Crippen molar-refractivity contribution in [3.63, 3.8) is 0 Å². The van der Waals surface area contributed by atoms with Gasteiger partial charge in [-0.2, -0.15) is 0 Å². The van der Waals surface area contributed by atoms with Crippen LogP contribution >= 0.6 is 12.4 Å². The van der Waals surface area contributed by atoms with Crippen LogP contribution in [0, 0.1) is 12.8 Å². The van der Waals surface area contributed by atoms with Crippen molar-refractivity contribution in [2.75, 3.05) is 23.7 Å². The van der Waals surface area contributed by atoms with E-state index in [1.54, 1.807) is 12.4 Å². The van der Waals surface area contributed by atoms with Crippen LogP contribution in [0.3, 0.4) is 0 Å². The van der Waals surface area contributed by atoms with Crippen molar-refractivity contribution in [1.29, 1.82) is 0 Å². The Kier molecular flexibility index (Phi) is 7.72. The van der Waals surface area contributed by atoms with Gasteiger partial charge >= 0.3 is 0 Å². The molecule has 1 aliphatic heterocycles. The number of ether oxygens (including phenoxy) is 1. The summed E-state index contributed by atoms with van der Waals surface area (Å²) in [6, 6.07) is 15.9. The number of amides is 1. The SMILES string of the molecule is Cc1ccc2c(NC(=O)C3CC3)cccc2c1Oc1ncccc1-c1ccnc(NC2CCCNC2)n1.Cl. The first kappa shape index (κ1) is 25.9. The van der Waals surface area contributed by atoms with Crippen molar-refractivity contribution in [3.05, 3.63) is 66.5 Å². The Hall–Kier alpha value is -3.75. The number of carbonyl (C=O) groups is 1. The molecule has 1 amide bonds. The highest BCUT2D eigenvalue weighted by molar-refractivity contribution is 6.05. The first-order valence-corrected chi connectivity index (χ1v) is 12.9. The molecule has 0 bridgehead atoms. The lowest BCUT2D eigenvalue weighted by atomic mass is 10.0. The number of carbonyl (C=O) groups excluding carboxylic acids is 1. The molecule has 38 heavy (non-hydrogen) atoms. The Morgan fingerprint density at radius 3 is 2.71 bits per heavy atom. The number of rotatable bonds is 7. The minimum absolute atomic E-state index is 0. The normalized spacial score (nSPS) is 16.9. The first-order valence-electron chi connectivity index (χ1n) is 12.9. The van der Waals surface area contributed by atoms with Crippen molar-refractivity contribution in [1.82, 2.24) is 20.3 Å². The summed E-state index contributed by atoms with van der Waals surface area (Å²) in [4.78, 5) is 26.2. The quantitative estimate of drug-likeness (QED) is 0.280. The molecule has 196 valence electrons. The van der Waals surface area contributed by atoms with E-state index >= 15 is 0 Å². The highest BCUT2D eigenvalue weighted by atomic mass is 35.5. The Morgan fingerprint density at radius 1 is 1.00 bits per heavy atom. The summed E-state index contributed by atoms with van der Waals surface area (Å²) < 4.78 is 6.50. The van der Waals surface area contributed by atoms with E-state index in [-0.39, 0.29) is 24.2 Å². The van der Waals surface area contributed by atoms with E-state index in [2.05, 4.69) is 25.9 Å². The molecule has 2 aromatic heterocycles. The van der Waals surface area contributed by atoms with Gasteiger partial charge in [0.15, 0.2) is 0 Å². The summed E-state index contributed by atoms with van der Waals surface area (Å²) in [5, 5.41) is 11.8. The second-order valence-corrected chi connectivity index (χ2v) is 9.79. The number of aromatic nitrogens is 3. The van der Waals surface area contributed by atoms with Gasteiger partial charge in [0.1, 0.15) is 5.75 Å². The van der Waals surface area contributed by atoms with Gasteiger partial charge in [0.25, 0.3) is 0 Å². The van der Waals surface area contributed by atoms with E-state index in [1.807, 2.05) is 55.5 Å². The second kappa shape index (κ2) is 11.3. The Bertz CT molecular complexity index is 1450. The molecule has 0 radical (unpaired) electrons. The summed E-state index contributed by atoms with van der Waals surface area (Å²) in [7, 11) is 0. The number of piperidine rings is 1. The fraction of sp³-hybridized carbons (Fsp3) is 0.310. The number of pyridine rings is 1. The molecule has 2 aromatic carbocycles. The molecule has 2 fully saturated rings. The lowest BCUT2D eigenvalue weighted by Crippen LogP contribution is -2.38. The summed E-state index contributed by atoms with van der Waals surface area (Å²) in [5.41, 5.74) is 3.29. The van der Waals surface area contributed by atoms with Gasteiger partial charge in [-0.15, -0.1) is 12.4 Å². The molecular formula is C29H31ClN6O2. The van der Waals surface area contributed by atoms with Crippen LogP contribution in [0.2, 0.25) is 0 Å². The standard InChI is InChI=1S/C29H30N6O2.ClH/c1-18-9-12-21-22(6-2-8-24(21)34-27(36)19-10-11-19)26(18)37-28-23(7-4-15-31-28)25-13-16-32-29(35-25)33-20-5-3-14-30-17-20;/h2,4,6-9,12-13,15-16,19-20,30H,3,5,10-11,14,17H2,1H3,(H,34,36)(H,32,33,35);1H. The molecule has 0 spiro atoms. The minimum Gasteiger partial charge on any atom is -0.437 e. The number of hydrogen-bond donors (Lipinski definition) is 3. The lowest BCUT2D eigenvalue weighted by Gasteiger charge is -2.23. The second-order valence-electron chi connectivity index (χ2n) is 9.79. The summed E-state index contributed by atoms with van der Waals surface area (Å²) in [6.45, 7) is 3.97. The fourth-order valence-electron chi connectivity index (χ4n) is 4.76. The van der Waals surface area contributed by atoms with Gasteiger partial charge in [-0.25, -0.2) is 15.0 Å². The van der Waals surface area contributed by atoms with Crippen molar-refractivity contribution < 1.29 is 9.53 Å². The third-order valence-electron chi connectivity index (χ3n) is 6.95. The van der Waals surface area contributed by atoms with Crippen LogP contribution in [-0.4, -0.2) is 40.0 Å². The number of nitrogens with one attached hydrogen (secondary N) is 3. The number of aryl methyl sites for hydroxylation is 1. The molecule has 1 unspecified atom stereocenters. The first-order chi connectivity index (χ1) is 18.2. The largest absolute Gasteiger partial charge is 0.437 e.